The normalized spacial score (nSPS) is 9.78. The first-order valence-corrected chi connectivity index (χ1v) is 5.02. The van der Waals surface area contributed by atoms with Crippen LogP contribution in [0, 0.1) is 10.1 Å². The lowest BCUT2D eigenvalue weighted by Crippen LogP contribution is -2.17. The Labute approximate surface area is 102 Å². The number of nitrogens with one attached hydrogen (secondary N) is 1. The Bertz CT molecular complexity index is 501. The van der Waals surface area contributed by atoms with Gasteiger partial charge in [-0.1, -0.05) is 0 Å². The number of anilines is 1. The van der Waals surface area contributed by atoms with Crippen LogP contribution in [0.1, 0.15) is 16.8 Å². The fraction of sp³-hybridized carbons (Fsp3) is 0.200. The first kappa shape index (κ1) is 13.4. The standard InChI is InChI=1S/C10H12N4O4/c11-9(15)3-4-13-7-5-6(10(12)16)1-2-8(7)14(17)18/h1-2,5,13H,3-4H2,(H2,11,15)(H2,12,16). The summed E-state index contributed by atoms with van der Waals surface area (Å²) >= 11 is 0. The van der Waals surface area contributed by atoms with Crippen molar-refractivity contribution in [2.75, 3.05) is 11.9 Å². The molecule has 1 aromatic carbocycles. The minimum atomic E-state index is -0.692. The van der Waals surface area contributed by atoms with Crippen molar-refractivity contribution in [2.24, 2.45) is 11.5 Å². The number of amides is 2. The van der Waals surface area contributed by atoms with E-state index in [2.05, 4.69) is 5.32 Å². The average molecular weight is 252 g/mol. The molecule has 0 aromatic heterocycles. The molecular formula is C10H12N4O4. The SMILES string of the molecule is NC(=O)CCNc1cc(C(N)=O)ccc1[N+](=O)[O-]. The van der Waals surface area contributed by atoms with Crippen molar-refractivity contribution in [3.63, 3.8) is 0 Å². The Morgan fingerprint density at radius 2 is 2.00 bits per heavy atom. The van der Waals surface area contributed by atoms with Gasteiger partial charge in [0.1, 0.15) is 5.69 Å². The van der Waals surface area contributed by atoms with E-state index in [1.54, 1.807) is 0 Å². The topological polar surface area (TPSA) is 141 Å². The Kier molecular flexibility index (Phi) is 4.19. The Hall–Kier alpha value is -2.64. The molecule has 0 unspecified atom stereocenters. The number of benzene rings is 1. The van der Waals surface area contributed by atoms with E-state index in [-0.39, 0.29) is 29.9 Å². The van der Waals surface area contributed by atoms with Crippen LogP contribution in [0.4, 0.5) is 11.4 Å². The molecule has 0 radical (unpaired) electrons. The summed E-state index contributed by atoms with van der Waals surface area (Å²) in [7, 11) is 0. The van der Waals surface area contributed by atoms with Gasteiger partial charge >= 0.3 is 0 Å². The number of hydrogen-bond acceptors (Lipinski definition) is 5. The van der Waals surface area contributed by atoms with Crippen LogP contribution in [-0.4, -0.2) is 23.3 Å². The molecular weight excluding hydrogens is 240 g/mol. The molecule has 0 saturated heterocycles. The third-order valence-electron chi connectivity index (χ3n) is 2.16. The third-order valence-corrected chi connectivity index (χ3v) is 2.16. The second kappa shape index (κ2) is 5.62. The molecule has 0 fully saturated rings. The zero-order chi connectivity index (χ0) is 13.7. The number of nitrogens with two attached hydrogens (primary N) is 2. The first-order chi connectivity index (χ1) is 8.41. The molecule has 0 spiro atoms. The van der Waals surface area contributed by atoms with Crippen molar-refractivity contribution in [2.45, 2.75) is 6.42 Å². The molecule has 0 saturated carbocycles. The third kappa shape index (κ3) is 3.44. The van der Waals surface area contributed by atoms with Gasteiger partial charge in [-0.05, 0) is 12.1 Å². The number of nitrogens with zero attached hydrogens (tertiary/aromatic N) is 1. The van der Waals surface area contributed by atoms with Crippen LogP contribution in [0.2, 0.25) is 0 Å². The number of carbonyl (C=O) groups is 2. The van der Waals surface area contributed by atoms with Crippen LogP contribution in [-0.2, 0) is 4.79 Å². The highest BCUT2D eigenvalue weighted by atomic mass is 16.6. The fourth-order valence-electron chi connectivity index (χ4n) is 1.31. The second-order valence-electron chi connectivity index (χ2n) is 3.50. The quantitative estimate of drug-likeness (QED) is 0.481. The molecule has 0 atom stereocenters. The van der Waals surface area contributed by atoms with Gasteiger partial charge in [0.25, 0.3) is 5.69 Å². The molecule has 96 valence electrons. The number of hydrogen-bond donors (Lipinski definition) is 3. The van der Waals surface area contributed by atoms with Crippen LogP contribution in [0.15, 0.2) is 18.2 Å². The maximum atomic E-state index is 11.0. The molecule has 0 aliphatic heterocycles. The van der Waals surface area contributed by atoms with Gasteiger partial charge in [0.15, 0.2) is 0 Å². The summed E-state index contributed by atoms with van der Waals surface area (Å²) in [4.78, 5) is 31.7. The summed E-state index contributed by atoms with van der Waals surface area (Å²) < 4.78 is 0. The van der Waals surface area contributed by atoms with Crippen LogP contribution >= 0.6 is 0 Å². The lowest BCUT2D eigenvalue weighted by molar-refractivity contribution is -0.384. The fourth-order valence-corrected chi connectivity index (χ4v) is 1.31. The van der Waals surface area contributed by atoms with Gasteiger partial charge in [0.05, 0.1) is 4.92 Å². The molecule has 1 aromatic rings. The Morgan fingerprint density at radius 3 is 2.50 bits per heavy atom. The van der Waals surface area contributed by atoms with Crippen molar-refractivity contribution in [3.8, 4) is 0 Å². The maximum Gasteiger partial charge on any atom is 0.292 e. The van der Waals surface area contributed by atoms with Gasteiger partial charge < -0.3 is 16.8 Å². The van der Waals surface area contributed by atoms with Gasteiger partial charge in [-0.2, -0.15) is 0 Å². The van der Waals surface area contributed by atoms with Crippen LogP contribution in [0.3, 0.4) is 0 Å². The monoisotopic (exact) mass is 252 g/mol. The largest absolute Gasteiger partial charge is 0.379 e. The van der Waals surface area contributed by atoms with Crippen molar-refractivity contribution < 1.29 is 14.5 Å². The van der Waals surface area contributed by atoms with Gasteiger partial charge in [-0.15, -0.1) is 0 Å². The van der Waals surface area contributed by atoms with E-state index < -0.39 is 16.7 Å². The van der Waals surface area contributed by atoms with Gasteiger partial charge in [0.2, 0.25) is 11.8 Å². The number of primary amides is 2. The molecule has 8 nitrogen and oxygen atoms in total. The average Bonchev–Trinajstić information content (AvgIpc) is 2.27. The Morgan fingerprint density at radius 1 is 1.33 bits per heavy atom. The predicted molar refractivity (Wildman–Crippen MR) is 63.9 cm³/mol. The van der Waals surface area contributed by atoms with Gasteiger partial charge in [-0.25, -0.2) is 0 Å². The summed E-state index contributed by atoms with van der Waals surface area (Å²) in [5.74, 6) is -1.22. The lowest BCUT2D eigenvalue weighted by atomic mass is 10.1. The molecule has 0 aliphatic rings. The summed E-state index contributed by atoms with van der Waals surface area (Å²) in [6.07, 6.45) is 0.0257. The van der Waals surface area contributed by atoms with E-state index >= 15 is 0 Å². The number of nitro groups is 1. The summed E-state index contributed by atoms with van der Waals surface area (Å²) in [5.41, 5.74) is 10.1. The molecule has 18 heavy (non-hydrogen) atoms. The highest BCUT2D eigenvalue weighted by molar-refractivity contribution is 5.94. The first-order valence-electron chi connectivity index (χ1n) is 5.02. The lowest BCUT2D eigenvalue weighted by Gasteiger charge is -2.07. The highest BCUT2D eigenvalue weighted by Gasteiger charge is 2.15. The van der Waals surface area contributed by atoms with Gasteiger partial charge in [0, 0.05) is 24.6 Å². The molecule has 0 bridgehead atoms. The summed E-state index contributed by atoms with van der Waals surface area (Å²) in [6.45, 7) is 0.137. The summed E-state index contributed by atoms with van der Waals surface area (Å²) in [5, 5.41) is 13.4. The molecule has 1 rings (SSSR count). The second-order valence-corrected chi connectivity index (χ2v) is 3.50. The van der Waals surface area contributed by atoms with E-state index in [4.69, 9.17) is 11.5 Å². The molecule has 0 heterocycles. The van der Waals surface area contributed by atoms with E-state index in [0.29, 0.717) is 0 Å². The van der Waals surface area contributed by atoms with E-state index in [9.17, 15) is 19.7 Å². The van der Waals surface area contributed by atoms with Crippen molar-refractivity contribution >= 4 is 23.2 Å². The van der Waals surface area contributed by atoms with Crippen molar-refractivity contribution in [1.29, 1.82) is 0 Å². The molecule has 8 heteroatoms. The van der Waals surface area contributed by atoms with Crippen molar-refractivity contribution in [3.05, 3.63) is 33.9 Å². The minimum absolute atomic E-state index is 0.0257. The van der Waals surface area contributed by atoms with Crippen LogP contribution < -0.4 is 16.8 Å². The van der Waals surface area contributed by atoms with E-state index in [1.165, 1.54) is 18.2 Å². The molecule has 0 aliphatic carbocycles. The van der Waals surface area contributed by atoms with Crippen LogP contribution in [0.25, 0.3) is 0 Å². The molecule has 5 N–H and O–H groups in total. The zero-order valence-electron chi connectivity index (χ0n) is 9.38. The van der Waals surface area contributed by atoms with E-state index in [1.807, 2.05) is 0 Å². The smallest absolute Gasteiger partial charge is 0.292 e. The summed E-state index contributed by atoms with van der Waals surface area (Å²) in [6, 6.07) is 3.70. The van der Waals surface area contributed by atoms with Gasteiger partial charge in [-0.3, -0.25) is 19.7 Å². The number of carbonyl (C=O) groups excluding carboxylic acids is 2. The number of nitro benzene ring substituents is 1. The van der Waals surface area contributed by atoms with Crippen molar-refractivity contribution in [1.82, 2.24) is 0 Å². The van der Waals surface area contributed by atoms with E-state index in [0.717, 1.165) is 0 Å². The number of rotatable bonds is 6. The minimum Gasteiger partial charge on any atom is -0.379 e. The zero-order valence-corrected chi connectivity index (χ0v) is 9.38. The highest BCUT2D eigenvalue weighted by Crippen LogP contribution is 2.25. The molecule has 2 amide bonds. The predicted octanol–water partition coefficient (Wildman–Crippen LogP) is -0.0190. The maximum absolute atomic E-state index is 11.0. The Balaban J connectivity index is 2.96. The van der Waals surface area contributed by atoms with Crippen LogP contribution in [0.5, 0.6) is 0 Å².